The van der Waals surface area contributed by atoms with Gasteiger partial charge >= 0.3 is 0 Å². The molecule has 0 amide bonds. The first kappa shape index (κ1) is 21.5. The molecule has 0 spiro atoms. The van der Waals surface area contributed by atoms with Gasteiger partial charge in [-0.25, -0.2) is 0 Å². The average Bonchev–Trinajstić information content (AvgIpc) is 3.35. The Balaban J connectivity index is 1.37. The molecule has 2 aromatic carbocycles. The fraction of sp³-hybridized carbons (Fsp3) is 0.227. The van der Waals surface area contributed by atoms with Gasteiger partial charge in [0.15, 0.2) is 5.58 Å². The third-order valence-electron chi connectivity index (χ3n) is 4.91. The zero-order valence-electron chi connectivity index (χ0n) is 16.7. The van der Waals surface area contributed by atoms with E-state index < -0.39 is 15.7 Å². The number of benzene rings is 2. The van der Waals surface area contributed by atoms with Gasteiger partial charge in [0.25, 0.3) is 10.1 Å². The van der Waals surface area contributed by atoms with Crippen LogP contribution >= 0.6 is 11.3 Å². The lowest BCUT2D eigenvalue weighted by Gasteiger charge is -2.23. The van der Waals surface area contributed by atoms with Crippen molar-refractivity contribution in [3.63, 3.8) is 0 Å². The van der Waals surface area contributed by atoms with Gasteiger partial charge in [0.05, 0.1) is 10.5 Å². The molecule has 0 saturated heterocycles. The molecule has 2 N–H and O–H groups in total. The maximum Gasteiger partial charge on any atom is 0.294 e. The third kappa shape index (κ3) is 5.13. The first-order valence-corrected chi connectivity index (χ1v) is 11.9. The minimum Gasteiger partial charge on any atom is -0.491 e. The van der Waals surface area contributed by atoms with Crippen LogP contribution in [0.25, 0.3) is 21.5 Å². The van der Waals surface area contributed by atoms with E-state index in [1.54, 1.807) is 30.4 Å². The zero-order valence-corrected chi connectivity index (χ0v) is 18.3. The summed E-state index contributed by atoms with van der Waals surface area (Å²) in [6, 6.07) is 15.3. The lowest BCUT2D eigenvalue weighted by molar-refractivity contribution is 0.00466. The maximum atomic E-state index is 11.1. The summed E-state index contributed by atoms with van der Waals surface area (Å²) in [5.74, 6) is 0.614. The summed E-state index contributed by atoms with van der Waals surface area (Å²) in [7, 11) is -4.21. The van der Waals surface area contributed by atoms with Gasteiger partial charge in [0, 0.05) is 5.56 Å². The molecule has 9 heteroatoms. The Labute approximate surface area is 183 Å². The summed E-state index contributed by atoms with van der Waals surface area (Å²) >= 11 is 1.56. The van der Waals surface area contributed by atoms with Gasteiger partial charge in [0.1, 0.15) is 22.8 Å². The van der Waals surface area contributed by atoms with Crippen molar-refractivity contribution >= 4 is 31.7 Å². The molecule has 0 aliphatic rings. The molecule has 0 aliphatic heterocycles. The topological polar surface area (TPSA) is 110 Å². The van der Waals surface area contributed by atoms with Gasteiger partial charge in [-0.15, -0.1) is 11.3 Å². The molecule has 0 aliphatic carbocycles. The Morgan fingerprint density at radius 2 is 1.94 bits per heavy atom. The lowest BCUT2D eigenvalue weighted by atomic mass is 9.98. The van der Waals surface area contributed by atoms with E-state index >= 15 is 0 Å². The van der Waals surface area contributed by atoms with Gasteiger partial charge in [-0.1, -0.05) is 29.4 Å². The largest absolute Gasteiger partial charge is 0.491 e. The minimum atomic E-state index is -4.21. The van der Waals surface area contributed by atoms with E-state index in [1.165, 1.54) is 12.1 Å². The van der Waals surface area contributed by atoms with E-state index in [-0.39, 0.29) is 11.5 Å². The van der Waals surface area contributed by atoms with Gasteiger partial charge in [0.2, 0.25) is 0 Å². The van der Waals surface area contributed by atoms with E-state index in [2.05, 4.69) is 5.16 Å². The second-order valence-corrected chi connectivity index (χ2v) is 9.92. The molecule has 4 rings (SSSR count). The number of aromatic nitrogens is 1. The summed E-state index contributed by atoms with van der Waals surface area (Å²) in [4.78, 5) is -0.154. The smallest absolute Gasteiger partial charge is 0.294 e. The number of aryl methyl sites for hydroxylation is 1. The Morgan fingerprint density at radius 1 is 1.16 bits per heavy atom. The van der Waals surface area contributed by atoms with Crippen molar-refractivity contribution in [3.8, 4) is 17.0 Å². The van der Waals surface area contributed by atoms with Crippen LogP contribution < -0.4 is 4.74 Å². The Bertz CT molecular complexity index is 1290. The van der Waals surface area contributed by atoms with Crippen LogP contribution in [0.4, 0.5) is 0 Å². The average molecular weight is 460 g/mol. The molecule has 0 bridgehead atoms. The molecule has 1 atom stereocenters. The number of nitrogens with zero attached hydrogens (tertiary/aromatic N) is 1. The SMILES string of the molecule is C[C@](O)(CCc1ccc(S(=O)(=O)O)cc1)COc1cccc(-c2noc3ccsc23)c1. The summed E-state index contributed by atoms with van der Waals surface area (Å²) < 4.78 is 43.4. The van der Waals surface area contributed by atoms with Crippen LogP contribution in [0.15, 0.2) is 69.4 Å². The van der Waals surface area contributed by atoms with Crippen LogP contribution in [0.3, 0.4) is 0 Å². The summed E-state index contributed by atoms with van der Waals surface area (Å²) in [6.07, 6.45) is 0.939. The van der Waals surface area contributed by atoms with E-state index in [0.29, 0.717) is 18.6 Å². The van der Waals surface area contributed by atoms with Crippen LogP contribution in [-0.2, 0) is 16.5 Å². The van der Waals surface area contributed by atoms with E-state index in [4.69, 9.17) is 13.8 Å². The lowest BCUT2D eigenvalue weighted by Crippen LogP contribution is -2.32. The third-order valence-corrected chi connectivity index (χ3v) is 6.68. The van der Waals surface area contributed by atoms with Crippen LogP contribution in [0, 0.1) is 0 Å². The van der Waals surface area contributed by atoms with E-state index in [9.17, 15) is 13.5 Å². The van der Waals surface area contributed by atoms with Crippen molar-refractivity contribution < 1.29 is 27.3 Å². The maximum absolute atomic E-state index is 11.1. The first-order valence-electron chi connectivity index (χ1n) is 9.56. The van der Waals surface area contributed by atoms with Crippen molar-refractivity contribution in [3.05, 3.63) is 65.5 Å². The van der Waals surface area contributed by atoms with Crippen LogP contribution in [0.2, 0.25) is 0 Å². The monoisotopic (exact) mass is 459 g/mol. The van der Waals surface area contributed by atoms with Gasteiger partial charge in [-0.3, -0.25) is 4.55 Å². The number of ether oxygens (including phenoxy) is 1. The Hall–Kier alpha value is -2.72. The number of hydrogen-bond acceptors (Lipinski definition) is 7. The molecule has 2 heterocycles. The molecule has 7 nitrogen and oxygen atoms in total. The van der Waals surface area contributed by atoms with Crippen molar-refractivity contribution in [1.82, 2.24) is 5.16 Å². The summed E-state index contributed by atoms with van der Waals surface area (Å²) in [5.41, 5.74) is 2.14. The molecule has 31 heavy (non-hydrogen) atoms. The Morgan fingerprint density at radius 3 is 2.68 bits per heavy atom. The van der Waals surface area contributed by atoms with Crippen molar-refractivity contribution in [2.75, 3.05) is 6.61 Å². The highest BCUT2D eigenvalue weighted by Gasteiger charge is 2.22. The fourth-order valence-corrected chi connectivity index (χ4v) is 4.44. The van der Waals surface area contributed by atoms with E-state index in [0.717, 1.165) is 27.1 Å². The Kier molecular flexibility index (Phi) is 5.85. The van der Waals surface area contributed by atoms with Crippen LogP contribution in [0.1, 0.15) is 18.9 Å². The predicted octanol–water partition coefficient (Wildman–Crippen LogP) is 4.57. The zero-order chi connectivity index (χ0) is 22.1. The quantitative estimate of drug-likeness (QED) is 0.372. The second-order valence-electron chi connectivity index (χ2n) is 7.58. The predicted molar refractivity (Wildman–Crippen MR) is 118 cm³/mol. The van der Waals surface area contributed by atoms with Gasteiger partial charge < -0.3 is 14.4 Å². The minimum absolute atomic E-state index is 0.0901. The van der Waals surface area contributed by atoms with Crippen molar-refractivity contribution in [2.24, 2.45) is 0 Å². The number of fused-ring (bicyclic) bond motifs is 1. The number of aliphatic hydroxyl groups is 1. The standard InChI is InChI=1S/C22H21NO6S2/c1-22(24,11-9-15-5-7-18(8-6-15)31(25,26)27)14-28-17-4-2-3-16(13-17)20-21-19(29-23-20)10-12-30-21/h2-8,10,12-13,24H,9,11,14H2,1H3,(H,25,26,27)/t22-/m0/s1. The highest BCUT2D eigenvalue weighted by atomic mass is 32.2. The van der Waals surface area contributed by atoms with Gasteiger partial charge in [-0.05, 0) is 61.0 Å². The molecular formula is C22H21NO6S2. The normalized spacial score (nSPS) is 13.9. The van der Waals surface area contributed by atoms with E-state index in [1.807, 2.05) is 35.7 Å². The number of thiophene rings is 1. The molecule has 162 valence electrons. The second kappa shape index (κ2) is 8.43. The van der Waals surface area contributed by atoms with Crippen molar-refractivity contribution in [2.45, 2.75) is 30.3 Å². The molecule has 2 aromatic heterocycles. The molecule has 4 aromatic rings. The molecular weight excluding hydrogens is 438 g/mol. The molecule has 0 saturated carbocycles. The summed E-state index contributed by atoms with van der Waals surface area (Å²) in [5, 5.41) is 16.8. The summed E-state index contributed by atoms with van der Waals surface area (Å²) in [6.45, 7) is 1.78. The molecule has 0 unspecified atom stereocenters. The van der Waals surface area contributed by atoms with Crippen LogP contribution in [-0.4, -0.2) is 35.4 Å². The fourth-order valence-electron chi connectivity index (χ4n) is 3.15. The van der Waals surface area contributed by atoms with Gasteiger partial charge in [-0.2, -0.15) is 8.42 Å². The molecule has 0 radical (unpaired) electrons. The number of hydrogen-bond donors (Lipinski definition) is 2. The first-order chi connectivity index (χ1) is 14.7. The molecule has 0 fully saturated rings. The van der Waals surface area contributed by atoms with Crippen LogP contribution in [0.5, 0.6) is 5.75 Å². The highest BCUT2D eigenvalue weighted by molar-refractivity contribution is 7.85. The number of rotatable bonds is 8. The van der Waals surface area contributed by atoms with Crippen molar-refractivity contribution in [1.29, 1.82) is 0 Å². The highest BCUT2D eigenvalue weighted by Crippen LogP contribution is 2.33.